The first-order valence-electron chi connectivity index (χ1n) is 11.9. The molecule has 0 radical (unpaired) electrons. The summed E-state index contributed by atoms with van der Waals surface area (Å²) in [6.45, 7) is 6.22. The van der Waals surface area contributed by atoms with Crippen LogP contribution in [0.15, 0.2) is 76.8 Å². The van der Waals surface area contributed by atoms with Crippen LogP contribution in [0.4, 0.5) is 5.69 Å². The summed E-state index contributed by atoms with van der Waals surface area (Å²) in [4.78, 5) is 28.2. The van der Waals surface area contributed by atoms with Crippen molar-refractivity contribution in [2.75, 3.05) is 18.6 Å². The maximum absolute atomic E-state index is 13.4. The molecule has 1 fully saturated rings. The van der Waals surface area contributed by atoms with Gasteiger partial charge in [0.25, 0.3) is 11.7 Å². The molecule has 3 aromatic rings. The number of hydrogen-bond donors (Lipinski definition) is 1. The molecule has 0 aromatic heterocycles. The Morgan fingerprint density at radius 2 is 1.76 bits per heavy atom. The number of methoxy groups -OCH3 is 1. The molecule has 0 bridgehead atoms. The second-order valence-electron chi connectivity index (χ2n) is 8.68. The highest BCUT2D eigenvalue weighted by Crippen LogP contribution is 2.43. The SMILES string of the molecule is CCOc1ccc(N2C(=O)C(=O)/C(=C(/O)c3ccc(OC)c(Br)c3)C2c2cccc(OC(C)C)c2)cc1. The first-order valence-corrected chi connectivity index (χ1v) is 12.7. The summed E-state index contributed by atoms with van der Waals surface area (Å²) in [6, 6.07) is 18.2. The van der Waals surface area contributed by atoms with Crippen molar-refractivity contribution in [3.8, 4) is 17.2 Å². The van der Waals surface area contributed by atoms with Crippen LogP contribution in [0.2, 0.25) is 0 Å². The van der Waals surface area contributed by atoms with Gasteiger partial charge in [-0.3, -0.25) is 14.5 Å². The van der Waals surface area contributed by atoms with E-state index >= 15 is 0 Å². The molecule has 0 saturated carbocycles. The van der Waals surface area contributed by atoms with Gasteiger partial charge < -0.3 is 19.3 Å². The maximum atomic E-state index is 13.4. The van der Waals surface area contributed by atoms with Crippen molar-refractivity contribution >= 4 is 39.1 Å². The van der Waals surface area contributed by atoms with Crippen LogP contribution in [0.5, 0.6) is 17.2 Å². The number of nitrogens with zero attached hydrogens (tertiary/aromatic N) is 1. The normalized spacial score (nSPS) is 16.8. The largest absolute Gasteiger partial charge is 0.507 e. The van der Waals surface area contributed by atoms with E-state index in [1.807, 2.05) is 32.9 Å². The van der Waals surface area contributed by atoms with Crippen molar-refractivity contribution in [3.05, 3.63) is 87.9 Å². The predicted octanol–water partition coefficient (Wildman–Crippen LogP) is 6.27. The summed E-state index contributed by atoms with van der Waals surface area (Å²) < 4.78 is 17.3. The van der Waals surface area contributed by atoms with E-state index in [0.717, 1.165) is 0 Å². The summed E-state index contributed by atoms with van der Waals surface area (Å²) in [6.07, 6.45) is -0.0654. The lowest BCUT2D eigenvalue weighted by atomic mass is 9.95. The predicted molar refractivity (Wildman–Crippen MR) is 145 cm³/mol. The van der Waals surface area contributed by atoms with Crippen molar-refractivity contribution < 1.29 is 28.9 Å². The molecule has 192 valence electrons. The molecule has 0 spiro atoms. The Bertz CT molecular complexity index is 1350. The number of benzene rings is 3. The molecule has 3 aromatic carbocycles. The van der Waals surface area contributed by atoms with Crippen molar-refractivity contribution in [1.29, 1.82) is 0 Å². The summed E-state index contributed by atoms with van der Waals surface area (Å²) >= 11 is 3.42. The number of Topliss-reactive ketones (excluding diaryl/α,β-unsaturated/α-hetero) is 1. The second kappa shape index (κ2) is 11.1. The molecule has 1 atom stereocenters. The van der Waals surface area contributed by atoms with Crippen molar-refractivity contribution in [3.63, 3.8) is 0 Å². The topological polar surface area (TPSA) is 85.3 Å². The van der Waals surface area contributed by atoms with E-state index in [2.05, 4.69) is 15.9 Å². The van der Waals surface area contributed by atoms with Crippen LogP contribution in [-0.2, 0) is 9.59 Å². The number of halogens is 1. The van der Waals surface area contributed by atoms with E-state index in [4.69, 9.17) is 14.2 Å². The Morgan fingerprint density at radius 3 is 2.38 bits per heavy atom. The molecule has 1 N–H and O–H groups in total. The van der Waals surface area contributed by atoms with Crippen LogP contribution in [-0.4, -0.2) is 36.6 Å². The number of ketones is 1. The average Bonchev–Trinajstić information content (AvgIpc) is 3.14. The molecule has 1 aliphatic heterocycles. The average molecular weight is 566 g/mol. The number of aliphatic hydroxyl groups is 1. The van der Waals surface area contributed by atoms with Crippen molar-refractivity contribution in [2.24, 2.45) is 0 Å². The third kappa shape index (κ3) is 5.34. The summed E-state index contributed by atoms with van der Waals surface area (Å²) in [5.41, 5.74) is 1.48. The molecule has 1 unspecified atom stereocenters. The third-order valence-electron chi connectivity index (χ3n) is 5.84. The highest BCUT2D eigenvalue weighted by Gasteiger charge is 2.47. The second-order valence-corrected chi connectivity index (χ2v) is 9.54. The van der Waals surface area contributed by atoms with Gasteiger partial charge in [-0.05, 0) is 96.9 Å². The van der Waals surface area contributed by atoms with E-state index in [1.165, 1.54) is 12.0 Å². The molecule has 7 nitrogen and oxygen atoms in total. The minimum absolute atomic E-state index is 0.0161. The van der Waals surface area contributed by atoms with E-state index in [1.54, 1.807) is 54.6 Å². The lowest BCUT2D eigenvalue weighted by Gasteiger charge is -2.26. The van der Waals surface area contributed by atoms with Crippen molar-refractivity contribution in [1.82, 2.24) is 0 Å². The van der Waals surface area contributed by atoms with E-state index in [-0.39, 0.29) is 17.4 Å². The number of hydrogen-bond acceptors (Lipinski definition) is 6. The minimum atomic E-state index is -0.880. The van der Waals surface area contributed by atoms with Gasteiger partial charge in [0.05, 0.1) is 35.9 Å². The molecular formula is C29H28BrNO6. The zero-order valence-electron chi connectivity index (χ0n) is 21.0. The number of rotatable bonds is 8. The van der Waals surface area contributed by atoms with Gasteiger partial charge >= 0.3 is 0 Å². The van der Waals surface area contributed by atoms with Gasteiger partial charge in [-0.1, -0.05) is 12.1 Å². The van der Waals surface area contributed by atoms with Crippen LogP contribution in [0, 0.1) is 0 Å². The van der Waals surface area contributed by atoms with Gasteiger partial charge in [-0.15, -0.1) is 0 Å². The number of amides is 1. The van der Waals surface area contributed by atoms with E-state index in [0.29, 0.717) is 45.1 Å². The van der Waals surface area contributed by atoms with Gasteiger partial charge in [0.15, 0.2) is 0 Å². The number of aliphatic hydroxyl groups excluding tert-OH is 1. The summed E-state index contributed by atoms with van der Waals surface area (Å²) in [5.74, 6) is 0.0144. The number of ether oxygens (including phenoxy) is 3. The quantitative estimate of drug-likeness (QED) is 0.197. The Labute approximate surface area is 224 Å². The monoisotopic (exact) mass is 565 g/mol. The Kier molecular flexibility index (Phi) is 7.88. The molecule has 8 heteroatoms. The lowest BCUT2D eigenvalue weighted by Crippen LogP contribution is -2.29. The fraction of sp³-hybridized carbons (Fsp3) is 0.241. The highest BCUT2D eigenvalue weighted by molar-refractivity contribution is 9.10. The smallest absolute Gasteiger partial charge is 0.300 e. The molecule has 37 heavy (non-hydrogen) atoms. The Hall–Kier alpha value is -3.78. The van der Waals surface area contributed by atoms with Crippen LogP contribution >= 0.6 is 15.9 Å². The van der Waals surface area contributed by atoms with Gasteiger partial charge in [0, 0.05) is 11.3 Å². The van der Waals surface area contributed by atoms with Crippen LogP contribution in [0.3, 0.4) is 0 Å². The standard InChI is InChI=1S/C29H28BrNO6/c1-5-36-21-12-10-20(11-13-21)31-26(18-7-6-8-22(15-18)37-17(2)3)25(28(33)29(31)34)27(32)19-9-14-24(35-4)23(30)16-19/h6-17,26,32H,5H2,1-4H3/b27-25+. The maximum Gasteiger partial charge on any atom is 0.300 e. The Balaban J connectivity index is 1.90. The van der Waals surface area contributed by atoms with Crippen molar-refractivity contribution in [2.45, 2.75) is 32.9 Å². The first kappa shape index (κ1) is 26.3. The Morgan fingerprint density at radius 1 is 1.03 bits per heavy atom. The lowest BCUT2D eigenvalue weighted by molar-refractivity contribution is -0.132. The van der Waals surface area contributed by atoms with Gasteiger partial charge in [0.1, 0.15) is 23.0 Å². The zero-order chi connectivity index (χ0) is 26.7. The highest BCUT2D eigenvalue weighted by atomic mass is 79.9. The molecular weight excluding hydrogens is 538 g/mol. The molecule has 1 heterocycles. The number of anilines is 1. The molecule has 0 aliphatic carbocycles. The first-order chi connectivity index (χ1) is 17.7. The fourth-order valence-electron chi connectivity index (χ4n) is 4.28. The molecule has 1 aliphatic rings. The molecule has 1 amide bonds. The van der Waals surface area contributed by atoms with Gasteiger partial charge in [-0.2, -0.15) is 0 Å². The molecule has 1 saturated heterocycles. The van der Waals surface area contributed by atoms with Gasteiger partial charge in [-0.25, -0.2) is 0 Å². The summed E-state index contributed by atoms with van der Waals surface area (Å²) in [7, 11) is 1.54. The molecule has 4 rings (SSSR count). The van der Waals surface area contributed by atoms with Crippen LogP contribution in [0.1, 0.15) is 37.9 Å². The zero-order valence-corrected chi connectivity index (χ0v) is 22.6. The summed E-state index contributed by atoms with van der Waals surface area (Å²) in [5, 5.41) is 11.4. The van der Waals surface area contributed by atoms with E-state index < -0.39 is 17.7 Å². The van der Waals surface area contributed by atoms with Gasteiger partial charge in [0.2, 0.25) is 0 Å². The van der Waals surface area contributed by atoms with Crippen LogP contribution in [0.25, 0.3) is 5.76 Å². The minimum Gasteiger partial charge on any atom is -0.507 e. The fourth-order valence-corrected chi connectivity index (χ4v) is 4.82. The third-order valence-corrected chi connectivity index (χ3v) is 6.46. The van der Waals surface area contributed by atoms with E-state index in [9.17, 15) is 14.7 Å². The number of carbonyl (C=O) groups excluding carboxylic acids is 2. The number of carbonyl (C=O) groups is 2. The van der Waals surface area contributed by atoms with Crippen LogP contribution < -0.4 is 19.1 Å².